The smallest absolute Gasteiger partial charge is 0.326 e. The number of carbonyl (C=O) groups excluding carboxylic acids is 1. The molecule has 0 saturated heterocycles. The standard InChI is InChI=1S/C15H22N2O5/c1-3-6-15(2,16)14(22)17-10(13(20)21)7-9-4-5-11(18)12(19)8-9/h4-5,8,10,18-19H,3,6-7,16H2,1-2H3,(H,17,22)(H,20,21)/p+1. The molecule has 0 aliphatic rings. The summed E-state index contributed by atoms with van der Waals surface area (Å²) < 4.78 is 0. The fourth-order valence-electron chi connectivity index (χ4n) is 2.13. The maximum absolute atomic E-state index is 12.2. The summed E-state index contributed by atoms with van der Waals surface area (Å²) in [6.07, 6.45) is 1.30. The summed E-state index contributed by atoms with van der Waals surface area (Å²) in [5.41, 5.74) is 3.43. The van der Waals surface area contributed by atoms with Gasteiger partial charge in [0.1, 0.15) is 6.04 Å². The minimum absolute atomic E-state index is 0.00286. The predicted molar refractivity (Wildman–Crippen MR) is 79.2 cm³/mol. The van der Waals surface area contributed by atoms with Crippen molar-refractivity contribution in [3.63, 3.8) is 0 Å². The molecule has 0 spiro atoms. The minimum Gasteiger partial charge on any atom is -0.504 e. The Balaban J connectivity index is 2.84. The topological polar surface area (TPSA) is 134 Å². The monoisotopic (exact) mass is 311 g/mol. The third-order valence-corrected chi connectivity index (χ3v) is 3.43. The number of nitrogens with one attached hydrogen (secondary N) is 1. The minimum atomic E-state index is -1.17. The molecule has 0 radical (unpaired) electrons. The van der Waals surface area contributed by atoms with Gasteiger partial charge in [0.05, 0.1) is 0 Å². The lowest BCUT2D eigenvalue weighted by molar-refractivity contribution is -0.453. The zero-order valence-corrected chi connectivity index (χ0v) is 12.8. The van der Waals surface area contributed by atoms with Gasteiger partial charge in [-0.1, -0.05) is 13.0 Å². The zero-order valence-electron chi connectivity index (χ0n) is 12.8. The quantitative estimate of drug-likeness (QED) is 0.452. The van der Waals surface area contributed by atoms with E-state index in [9.17, 15) is 24.9 Å². The van der Waals surface area contributed by atoms with Gasteiger partial charge < -0.3 is 26.4 Å². The Morgan fingerprint density at radius 3 is 2.45 bits per heavy atom. The number of carboxylic acid groups (broad SMARTS) is 1. The number of rotatable bonds is 7. The fourth-order valence-corrected chi connectivity index (χ4v) is 2.13. The highest BCUT2D eigenvalue weighted by atomic mass is 16.4. The second kappa shape index (κ2) is 7.13. The van der Waals surface area contributed by atoms with Crippen LogP contribution in [-0.4, -0.2) is 38.8 Å². The zero-order chi connectivity index (χ0) is 16.9. The van der Waals surface area contributed by atoms with E-state index >= 15 is 0 Å². The largest absolute Gasteiger partial charge is 0.504 e. The summed E-state index contributed by atoms with van der Waals surface area (Å²) in [6.45, 7) is 3.59. The Kier molecular flexibility index (Phi) is 5.76. The number of aromatic hydroxyl groups is 2. The molecule has 0 fully saturated rings. The SMILES string of the molecule is CCCC(C)([NH3+])C(=O)NC(Cc1ccc(O)c(O)c1)C(=O)O. The van der Waals surface area contributed by atoms with Gasteiger partial charge in [-0.2, -0.15) is 0 Å². The Bertz CT molecular complexity index is 557. The Morgan fingerprint density at radius 2 is 1.95 bits per heavy atom. The van der Waals surface area contributed by atoms with Crippen LogP contribution in [-0.2, 0) is 16.0 Å². The van der Waals surface area contributed by atoms with Crippen LogP contribution >= 0.6 is 0 Å². The maximum atomic E-state index is 12.2. The van der Waals surface area contributed by atoms with Crippen LogP contribution in [0.3, 0.4) is 0 Å². The number of amides is 1. The first-order chi connectivity index (χ1) is 10.2. The van der Waals surface area contributed by atoms with Gasteiger partial charge in [-0.05, 0) is 31.0 Å². The van der Waals surface area contributed by atoms with E-state index in [0.717, 1.165) is 6.42 Å². The molecule has 0 heterocycles. The summed E-state index contributed by atoms with van der Waals surface area (Å²) in [4.78, 5) is 23.5. The van der Waals surface area contributed by atoms with Crippen LogP contribution in [0.4, 0.5) is 0 Å². The van der Waals surface area contributed by atoms with Gasteiger partial charge >= 0.3 is 5.97 Å². The molecule has 1 rings (SSSR count). The molecule has 0 aliphatic carbocycles. The third kappa shape index (κ3) is 4.63. The van der Waals surface area contributed by atoms with Crippen molar-refractivity contribution < 1.29 is 30.6 Å². The highest BCUT2D eigenvalue weighted by molar-refractivity contribution is 5.88. The van der Waals surface area contributed by atoms with Crippen LogP contribution < -0.4 is 11.1 Å². The molecule has 0 aromatic heterocycles. The Hall–Kier alpha value is -2.28. The van der Waals surface area contributed by atoms with Crippen LogP contribution in [0.5, 0.6) is 11.5 Å². The van der Waals surface area contributed by atoms with Crippen molar-refractivity contribution >= 4 is 11.9 Å². The molecular weight excluding hydrogens is 288 g/mol. The summed E-state index contributed by atoms with van der Waals surface area (Å²) in [5, 5.41) is 30.4. The first kappa shape index (κ1) is 17.8. The molecule has 1 amide bonds. The Morgan fingerprint density at radius 1 is 1.32 bits per heavy atom. The second-order valence-corrected chi connectivity index (χ2v) is 5.70. The molecule has 7 nitrogen and oxygen atoms in total. The highest BCUT2D eigenvalue weighted by Crippen LogP contribution is 2.25. The van der Waals surface area contributed by atoms with Gasteiger partial charge in [0.2, 0.25) is 0 Å². The average Bonchev–Trinajstić information content (AvgIpc) is 2.41. The molecule has 7 heteroatoms. The molecule has 1 aromatic rings. The number of carbonyl (C=O) groups is 2. The Labute approximate surface area is 128 Å². The number of phenolic OH excluding ortho intramolecular Hbond substituents is 2. The third-order valence-electron chi connectivity index (χ3n) is 3.43. The number of phenols is 2. The van der Waals surface area contributed by atoms with Gasteiger partial charge in [-0.3, -0.25) is 4.79 Å². The lowest BCUT2D eigenvalue weighted by atomic mass is 9.95. The molecule has 1 aromatic carbocycles. The molecular formula is C15H23N2O5+. The lowest BCUT2D eigenvalue weighted by Crippen LogP contribution is -2.77. The average molecular weight is 311 g/mol. The fraction of sp³-hybridized carbons (Fsp3) is 0.467. The van der Waals surface area contributed by atoms with E-state index in [1.54, 1.807) is 6.92 Å². The summed E-state index contributed by atoms with van der Waals surface area (Å²) in [5.74, 6) is -2.22. The van der Waals surface area contributed by atoms with Gasteiger partial charge in [0.25, 0.3) is 5.91 Å². The van der Waals surface area contributed by atoms with E-state index in [4.69, 9.17) is 0 Å². The van der Waals surface area contributed by atoms with Crippen molar-refractivity contribution in [2.24, 2.45) is 0 Å². The number of quaternary nitrogens is 1. The summed E-state index contributed by atoms with van der Waals surface area (Å²) in [7, 11) is 0. The maximum Gasteiger partial charge on any atom is 0.326 e. The number of aliphatic carboxylic acids is 1. The van der Waals surface area contributed by atoms with Gasteiger partial charge in [0, 0.05) is 12.8 Å². The predicted octanol–water partition coefficient (Wildman–Crippen LogP) is 0.0104. The van der Waals surface area contributed by atoms with E-state index in [2.05, 4.69) is 11.1 Å². The van der Waals surface area contributed by atoms with Crippen molar-refractivity contribution in [3.8, 4) is 11.5 Å². The van der Waals surface area contributed by atoms with E-state index in [1.807, 2.05) is 6.92 Å². The number of carboxylic acids is 1. The molecule has 0 saturated carbocycles. The molecule has 122 valence electrons. The van der Waals surface area contributed by atoms with Crippen LogP contribution in [0.2, 0.25) is 0 Å². The molecule has 0 aliphatic heterocycles. The van der Waals surface area contributed by atoms with E-state index in [0.29, 0.717) is 12.0 Å². The van der Waals surface area contributed by atoms with Crippen molar-refractivity contribution in [3.05, 3.63) is 23.8 Å². The first-order valence-electron chi connectivity index (χ1n) is 7.07. The van der Waals surface area contributed by atoms with Crippen LogP contribution in [0.15, 0.2) is 18.2 Å². The van der Waals surface area contributed by atoms with Crippen LogP contribution in [0, 0.1) is 0 Å². The highest BCUT2D eigenvalue weighted by Gasteiger charge is 2.34. The van der Waals surface area contributed by atoms with E-state index < -0.39 is 23.5 Å². The van der Waals surface area contributed by atoms with Crippen LogP contribution in [0.25, 0.3) is 0 Å². The number of hydrogen-bond acceptors (Lipinski definition) is 4. The summed E-state index contributed by atoms with van der Waals surface area (Å²) >= 11 is 0. The molecule has 22 heavy (non-hydrogen) atoms. The van der Waals surface area contributed by atoms with Crippen molar-refractivity contribution in [2.75, 3.05) is 0 Å². The second-order valence-electron chi connectivity index (χ2n) is 5.70. The van der Waals surface area contributed by atoms with Gasteiger partial charge in [-0.25, -0.2) is 4.79 Å². The van der Waals surface area contributed by atoms with Crippen molar-refractivity contribution in [1.29, 1.82) is 0 Å². The van der Waals surface area contributed by atoms with E-state index in [-0.39, 0.29) is 17.9 Å². The van der Waals surface area contributed by atoms with E-state index in [1.165, 1.54) is 18.2 Å². The molecule has 2 atom stereocenters. The van der Waals surface area contributed by atoms with Crippen LogP contribution in [0.1, 0.15) is 32.3 Å². The summed E-state index contributed by atoms with van der Waals surface area (Å²) in [6, 6.07) is 2.90. The van der Waals surface area contributed by atoms with Gasteiger partial charge in [-0.15, -0.1) is 0 Å². The number of hydrogen-bond donors (Lipinski definition) is 5. The lowest BCUT2D eigenvalue weighted by Gasteiger charge is -2.22. The van der Waals surface area contributed by atoms with Gasteiger partial charge in [0.15, 0.2) is 17.0 Å². The molecule has 0 bridgehead atoms. The molecule has 2 unspecified atom stereocenters. The van der Waals surface area contributed by atoms with Crippen molar-refractivity contribution in [2.45, 2.75) is 44.7 Å². The molecule has 7 N–H and O–H groups in total. The first-order valence-corrected chi connectivity index (χ1v) is 7.07. The van der Waals surface area contributed by atoms with Crippen molar-refractivity contribution in [1.82, 2.24) is 5.32 Å². The number of benzene rings is 1. The normalized spacial score (nSPS) is 14.9.